The van der Waals surface area contributed by atoms with E-state index in [1.54, 1.807) is 0 Å². The molecular formula is C13H21NO. The van der Waals surface area contributed by atoms with Gasteiger partial charge in [0.2, 0.25) is 0 Å². The summed E-state index contributed by atoms with van der Waals surface area (Å²) in [5, 5.41) is 0. The van der Waals surface area contributed by atoms with Crippen LogP contribution in [0.15, 0.2) is 10.6 Å². The second kappa shape index (κ2) is 4.82. The topological polar surface area (TPSA) is 26.0 Å². The first-order valence-electron chi connectivity index (χ1n) is 6.28. The Morgan fingerprint density at radius 2 is 2.00 bits per heavy atom. The minimum absolute atomic E-state index is 0.639. The third-order valence-corrected chi connectivity index (χ3v) is 3.70. The van der Waals surface area contributed by atoms with Crippen LogP contribution in [0, 0.1) is 5.92 Å². The van der Waals surface area contributed by atoms with Crippen LogP contribution in [-0.2, 0) is 6.42 Å². The van der Waals surface area contributed by atoms with Gasteiger partial charge in [0.05, 0.1) is 6.20 Å². The standard InChI is InChI=1S/C13H21NO/c1-3-10-5-7-11(8-6-10)12-9-14-13(4-2)15-12/h9-11H,3-8H2,1-2H3/t10-,11-. The molecule has 0 unspecified atom stereocenters. The van der Waals surface area contributed by atoms with E-state index >= 15 is 0 Å². The maximum absolute atomic E-state index is 5.73. The summed E-state index contributed by atoms with van der Waals surface area (Å²) in [6, 6.07) is 0. The highest BCUT2D eigenvalue weighted by atomic mass is 16.4. The summed E-state index contributed by atoms with van der Waals surface area (Å²) in [4.78, 5) is 4.28. The van der Waals surface area contributed by atoms with Crippen molar-refractivity contribution in [2.75, 3.05) is 0 Å². The molecule has 1 heterocycles. The van der Waals surface area contributed by atoms with Crippen molar-refractivity contribution >= 4 is 0 Å². The molecule has 0 aliphatic heterocycles. The molecule has 84 valence electrons. The van der Waals surface area contributed by atoms with E-state index in [1.165, 1.54) is 32.1 Å². The van der Waals surface area contributed by atoms with Crippen molar-refractivity contribution in [3.8, 4) is 0 Å². The Morgan fingerprint density at radius 1 is 1.27 bits per heavy atom. The molecule has 1 aromatic heterocycles. The predicted octanol–water partition coefficient (Wildman–Crippen LogP) is 3.92. The quantitative estimate of drug-likeness (QED) is 0.750. The summed E-state index contributed by atoms with van der Waals surface area (Å²) in [5.41, 5.74) is 0. The van der Waals surface area contributed by atoms with E-state index in [2.05, 4.69) is 18.8 Å². The molecule has 15 heavy (non-hydrogen) atoms. The lowest BCUT2D eigenvalue weighted by Gasteiger charge is -2.26. The fourth-order valence-corrected chi connectivity index (χ4v) is 2.53. The number of hydrogen-bond acceptors (Lipinski definition) is 2. The van der Waals surface area contributed by atoms with Crippen LogP contribution < -0.4 is 0 Å². The van der Waals surface area contributed by atoms with E-state index in [4.69, 9.17) is 4.42 Å². The van der Waals surface area contributed by atoms with Crippen LogP contribution in [0.4, 0.5) is 0 Å². The molecule has 1 aromatic rings. The van der Waals surface area contributed by atoms with Crippen LogP contribution in [0.3, 0.4) is 0 Å². The maximum Gasteiger partial charge on any atom is 0.194 e. The smallest absolute Gasteiger partial charge is 0.194 e. The third kappa shape index (κ3) is 2.42. The molecule has 0 atom stereocenters. The van der Waals surface area contributed by atoms with Gasteiger partial charge in [0.25, 0.3) is 0 Å². The van der Waals surface area contributed by atoms with Gasteiger partial charge in [0, 0.05) is 12.3 Å². The van der Waals surface area contributed by atoms with Gasteiger partial charge in [-0.05, 0) is 31.6 Å². The molecule has 0 spiro atoms. The monoisotopic (exact) mass is 207 g/mol. The van der Waals surface area contributed by atoms with Gasteiger partial charge in [0.1, 0.15) is 5.76 Å². The largest absolute Gasteiger partial charge is 0.445 e. The molecule has 0 amide bonds. The Balaban J connectivity index is 1.95. The Kier molecular flexibility index (Phi) is 3.45. The summed E-state index contributed by atoms with van der Waals surface area (Å²) >= 11 is 0. The Hall–Kier alpha value is -0.790. The van der Waals surface area contributed by atoms with Crippen LogP contribution in [0.1, 0.15) is 63.5 Å². The van der Waals surface area contributed by atoms with Gasteiger partial charge in [-0.3, -0.25) is 0 Å². The van der Waals surface area contributed by atoms with Crippen LogP contribution in [0.2, 0.25) is 0 Å². The maximum atomic E-state index is 5.73. The molecule has 0 bridgehead atoms. The van der Waals surface area contributed by atoms with E-state index in [0.29, 0.717) is 5.92 Å². The van der Waals surface area contributed by atoms with Crippen LogP contribution in [0.5, 0.6) is 0 Å². The molecule has 2 rings (SSSR count). The van der Waals surface area contributed by atoms with Gasteiger partial charge in [-0.2, -0.15) is 0 Å². The fourth-order valence-electron chi connectivity index (χ4n) is 2.53. The summed E-state index contributed by atoms with van der Waals surface area (Å²) in [6.45, 7) is 4.39. The van der Waals surface area contributed by atoms with Crippen LogP contribution >= 0.6 is 0 Å². The Morgan fingerprint density at radius 3 is 2.53 bits per heavy atom. The van der Waals surface area contributed by atoms with Gasteiger partial charge < -0.3 is 4.42 Å². The third-order valence-electron chi connectivity index (χ3n) is 3.70. The SMILES string of the molecule is CCc1ncc([C@H]2CC[C@H](CC)CC2)o1. The average molecular weight is 207 g/mol. The summed E-state index contributed by atoms with van der Waals surface area (Å²) in [5.74, 6) is 3.61. The second-order valence-corrected chi connectivity index (χ2v) is 4.64. The number of hydrogen-bond donors (Lipinski definition) is 0. The minimum atomic E-state index is 0.639. The summed E-state index contributed by atoms with van der Waals surface area (Å²) in [7, 11) is 0. The molecule has 0 N–H and O–H groups in total. The fraction of sp³-hybridized carbons (Fsp3) is 0.769. The van der Waals surface area contributed by atoms with E-state index in [9.17, 15) is 0 Å². The van der Waals surface area contributed by atoms with Crippen molar-refractivity contribution in [1.82, 2.24) is 4.98 Å². The first-order chi connectivity index (χ1) is 7.33. The number of aryl methyl sites for hydroxylation is 1. The van der Waals surface area contributed by atoms with E-state index in [1.807, 2.05) is 6.20 Å². The summed E-state index contributed by atoms with van der Waals surface area (Å²) in [6.07, 6.45) is 9.49. The Labute approximate surface area is 92.1 Å². The molecule has 0 aromatic carbocycles. The predicted molar refractivity (Wildman–Crippen MR) is 60.9 cm³/mol. The number of nitrogens with zero attached hydrogens (tertiary/aromatic N) is 1. The highest BCUT2D eigenvalue weighted by Gasteiger charge is 2.23. The molecule has 1 saturated carbocycles. The van der Waals surface area contributed by atoms with Gasteiger partial charge >= 0.3 is 0 Å². The molecule has 1 fully saturated rings. The lowest BCUT2D eigenvalue weighted by Crippen LogP contribution is -2.12. The van der Waals surface area contributed by atoms with Crippen molar-refractivity contribution in [3.05, 3.63) is 17.8 Å². The van der Waals surface area contributed by atoms with Gasteiger partial charge in [-0.25, -0.2) is 4.98 Å². The Bertz CT molecular complexity index is 297. The lowest BCUT2D eigenvalue weighted by atomic mass is 9.80. The summed E-state index contributed by atoms with van der Waals surface area (Å²) < 4.78 is 5.73. The molecule has 2 nitrogen and oxygen atoms in total. The molecule has 1 aliphatic carbocycles. The molecule has 1 aliphatic rings. The number of rotatable bonds is 3. The number of aromatic nitrogens is 1. The van der Waals surface area contributed by atoms with Gasteiger partial charge in [-0.1, -0.05) is 20.3 Å². The molecule has 2 heteroatoms. The normalized spacial score (nSPS) is 26.8. The van der Waals surface area contributed by atoms with Crippen molar-refractivity contribution < 1.29 is 4.42 Å². The molecule has 0 radical (unpaired) electrons. The first kappa shape index (κ1) is 10.7. The first-order valence-corrected chi connectivity index (χ1v) is 6.28. The minimum Gasteiger partial charge on any atom is -0.445 e. The average Bonchev–Trinajstić information content (AvgIpc) is 2.78. The van der Waals surface area contributed by atoms with Gasteiger partial charge in [0.15, 0.2) is 5.89 Å². The lowest BCUT2D eigenvalue weighted by molar-refractivity contribution is 0.289. The highest BCUT2D eigenvalue weighted by molar-refractivity contribution is 5.03. The molecule has 0 saturated heterocycles. The van der Waals surface area contributed by atoms with E-state index < -0.39 is 0 Å². The van der Waals surface area contributed by atoms with Crippen molar-refractivity contribution in [1.29, 1.82) is 0 Å². The zero-order valence-corrected chi connectivity index (χ0v) is 9.83. The zero-order valence-electron chi connectivity index (χ0n) is 9.83. The highest BCUT2D eigenvalue weighted by Crippen LogP contribution is 2.37. The second-order valence-electron chi connectivity index (χ2n) is 4.64. The van der Waals surface area contributed by atoms with E-state index in [-0.39, 0.29) is 0 Å². The molecular weight excluding hydrogens is 186 g/mol. The van der Waals surface area contributed by atoms with Crippen molar-refractivity contribution in [3.63, 3.8) is 0 Å². The van der Waals surface area contributed by atoms with Crippen LogP contribution in [-0.4, -0.2) is 4.98 Å². The van der Waals surface area contributed by atoms with Crippen molar-refractivity contribution in [2.45, 2.75) is 58.3 Å². The number of oxazole rings is 1. The zero-order chi connectivity index (χ0) is 10.7. The van der Waals surface area contributed by atoms with Crippen molar-refractivity contribution in [2.24, 2.45) is 5.92 Å². The van der Waals surface area contributed by atoms with E-state index in [0.717, 1.165) is 24.0 Å². The van der Waals surface area contributed by atoms with Crippen LogP contribution in [0.25, 0.3) is 0 Å². The van der Waals surface area contributed by atoms with Gasteiger partial charge in [-0.15, -0.1) is 0 Å².